The Morgan fingerprint density at radius 1 is 1.30 bits per heavy atom. The van der Waals surface area contributed by atoms with Crippen LogP contribution in [0.5, 0.6) is 0 Å². The first-order valence-electron chi connectivity index (χ1n) is 3.22. The molecule has 1 rings (SSSR count). The van der Waals surface area contributed by atoms with Crippen LogP contribution in [0.2, 0.25) is 0 Å². The van der Waals surface area contributed by atoms with E-state index in [0.29, 0.717) is 0 Å². The lowest BCUT2D eigenvalue weighted by atomic mass is 10.2. The Bertz CT molecular complexity index is 220. The van der Waals surface area contributed by atoms with Gasteiger partial charge in [0.2, 0.25) is 0 Å². The molecule has 0 saturated heterocycles. The number of aryl methyl sites for hydroxylation is 1. The van der Waals surface area contributed by atoms with Crippen LogP contribution in [0.15, 0.2) is 24.3 Å². The molecule has 1 aromatic rings. The second kappa shape index (κ2) is 2.88. The number of hydrogen-bond donors (Lipinski definition) is 0. The molecule has 1 aromatic carbocycles. The third-order valence-electron chi connectivity index (χ3n) is 1.48. The zero-order chi connectivity index (χ0) is 7.56. The van der Waals surface area contributed by atoms with Crippen molar-refractivity contribution in [3.8, 4) is 0 Å². The van der Waals surface area contributed by atoms with Gasteiger partial charge in [0.25, 0.3) is 0 Å². The van der Waals surface area contributed by atoms with Crippen LogP contribution in [0.25, 0.3) is 0 Å². The molecule has 0 aliphatic heterocycles. The Hall–Kier alpha value is -0.763. The number of anilines is 1. The van der Waals surface area contributed by atoms with Gasteiger partial charge in [-0.3, -0.25) is 0 Å². The maximum atomic E-state index is 3.42. The van der Waals surface area contributed by atoms with Crippen molar-refractivity contribution < 1.29 is 0 Å². The van der Waals surface area contributed by atoms with E-state index in [4.69, 9.17) is 0 Å². The molecule has 51 valence electrons. The van der Waals surface area contributed by atoms with E-state index in [1.54, 1.807) is 0 Å². The number of hydrogen-bond acceptors (Lipinski definition) is 1. The van der Waals surface area contributed by atoms with Crippen LogP contribution < -0.4 is 4.57 Å². The number of para-hydroxylation sites is 1. The minimum Gasteiger partial charge on any atom is -0.402 e. The lowest BCUT2D eigenvalue weighted by Gasteiger charge is -2.14. The van der Waals surface area contributed by atoms with Gasteiger partial charge >= 0.3 is 0 Å². The van der Waals surface area contributed by atoms with Gasteiger partial charge in [0, 0.05) is 5.69 Å². The van der Waals surface area contributed by atoms with E-state index in [9.17, 15) is 0 Å². The minimum absolute atomic E-state index is 1.21. The summed E-state index contributed by atoms with van der Waals surface area (Å²) in [5.74, 6) is 0. The van der Waals surface area contributed by atoms with E-state index in [2.05, 4.69) is 29.5 Å². The van der Waals surface area contributed by atoms with Crippen molar-refractivity contribution in [3.05, 3.63) is 29.8 Å². The summed E-state index contributed by atoms with van der Waals surface area (Å²) in [4.78, 5) is 0. The fraction of sp³-hybridized carbons (Fsp3) is 0.250. The molecule has 2 heteroatoms. The highest BCUT2D eigenvalue weighted by Crippen LogP contribution is 2.14. The molecule has 0 heterocycles. The molecule has 0 unspecified atom stereocenters. The van der Waals surface area contributed by atoms with Crippen molar-refractivity contribution in [2.45, 2.75) is 6.92 Å². The smallest absolute Gasteiger partial charge is 0.188 e. The van der Waals surface area contributed by atoms with Gasteiger partial charge in [-0.1, -0.05) is 18.2 Å². The zero-order valence-electron chi connectivity index (χ0n) is 6.26. The van der Waals surface area contributed by atoms with Gasteiger partial charge in [0.15, 0.2) is 10.4 Å². The largest absolute Gasteiger partial charge is 0.402 e. The van der Waals surface area contributed by atoms with Gasteiger partial charge in [-0.2, -0.15) is 0 Å². The van der Waals surface area contributed by atoms with Crippen molar-refractivity contribution in [1.82, 2.24) is 0 Å². The van der Waals surface area contributed by atoms with Gasteiger partial charge in [0.05, 0.1) is 0 Å². The molecule has 0 fully saturated rings. The van der Waals surface area contributed by atoms with E-state index in [0.717, 1.165) is 0 Å². The Labute approximate surface area is 65.2 Å². The lowest BCUT2D eigenvalue weighted by Crippen LogP contribution is -2.12. The Morgan fingerprint density at radius 3 is 2.30 bits per heavy atom. The van der Waals surface area contributed by atoms with Gasteiger partial charge < -0.3 is 4.57 Å². The summed E-state index contributed by atoms with van der Waals surface area (Å²) in [6, 6.07) is 8.22. The summed E-state index contributed by atoms with van der Waals surface area (Å²) in [6.07, 6.45) is 0. The topological polar surface area (TPSA) is 3.24 Å². The molecule has 0 spiro atoms. The van der Waals surface area contributed by atoms with Crippen LogP contribution >= 0.6 is 0 Å². The van der Waals surface area contributed by atoms with Crippen molar-refractivity contribution in [1.29, 1.82) is 0 Å². The van der Waals surface area contributed by atoms with Crippen molar-refractivity contribution in [3.63, 3.8) is 0 Å². The Balaban J connectivity index is 3.03. The maximum absolute atomic E-state index is 3.42. The monoisotopic (exact) mass is 148 g/mol. The van der Waals surface area contributed by atoms with Crippen molar-refractivity contribution >= 4 is 16.1 Å². The highest BCUT2D eigenvalue weighted by Gasteiger charge is 1.95. The summed E-state index contributed by atoms with van der Waals surface area (Å²) in [6.45, 7) is 2.09. The molecular weight excluding hydrogens is 138 g/mol. The standard InChI is InChI=1S/C8H10NSi/c1-7-5-3-4-6-8(7)9(2)10/h3-6H,1-2H3. The summed E-state index contributed by atoms with van der Waals surface area (Å²) in [5, 5.41) is 0. The summed E-state index contributed by atoms with van der Waals surface area (Å²) >= 11 is 0. The van der Waals surface area contributed by atoms with E-state index in [1.165, 1.54) is 11.3 Å². The summed E-state index contributed by atoms with van der Waals surface area (Å²) < 4.78 is 1.93. The number of nitrogens with zero attached hydrogens (tertiary/aromatic N) is 1. The predicted molar refractivity (Wildman–Crippen MR) is 45.3 cm³/mol. The normalized spacial score (nSPS) is 9.50. The highest BCUT2D eigenvalue weighted by atomic mass is 28.2. The predicted octanol–water partition coefficient (Wildman–Crippen LogP) is 1.51. The molecule has 3 radical (unpaired) electrons. The average Bonchev–Trinajstić information content (AvgIpc) is 1.88. The molecule has 10 heavy (non-hydrogen) atoms. The van der Waals surface area contributed by atoms with E-state index < -0.39 is 0 Å². The molecule has 0 atom stereocenters. The van der Waals surface area contributed by atoms with Crippen LogP contribution in [0.1, 0.15) is 5.56 Å². The third-order valence-corrected chi connectivity index (χ3v) is 1.72. The molecule has 0 bridgehead atoms. The second-order valence-electron chi connectivity index (χ2n) is 2.35. The molecule has 0 saturated carbocycles. The molecular formula is C8H10NSi. The van der Waals surface area contributed by atoms with Crippen molar-refractivity contribution in [2.24, 2.45) is 0 Å². The quantitative estimate of drug-likeness (QED) is 0.546. The number of benzene rings is 1. The summed E-state index contributed by atoms with van der Waals surface area (Å²) in [7, 11) is 5.39. The highest BCUT2D eigenvalue weighted by molar-refractivity contribution is 6.17. The Morgan fingerprint density at radius 2 is 1.90 bits per heavy atom. The molecule has 0 aliphatic carbocycles. The summed E-state index contributed by atoms with van der Waals surface area (Å²) in [5.41, 5.74) is 2.49. The minimum atomic E-state index is 1.21. The van der Waals surface area contributed by atoms with E-state index >= 15 is 0 Å². The number of rotatable bonds is 1. The molecule has 0 aliphatic rings. The second-order valence-corrected chi connectivity index (χ2v) is 3.02. The molecule has 0 aromatic heterocycles. The molecule has 0 N–H and O–H groups in total. The third kappa shape index (κ3) is 1.39. The van der Waals surface area contributed by atoms with Gasteiger partial charge in [0.1, 0.15) is 0 Å². The van der Waals surface area contributed by atoms with Gasteiger partial charge in [-0.15, -0.1) is 0 Å². The van der Waals surface area contributed by atoms with Gasteiger partial charge in [-0.05, 0) is 25.6 Å². The van der Waals surface area contributed by atoms with E-state index in [-0.39, 0.29) is 0 Å². The maximum Gasteiger partial charge on any atom is 0.188 e. The van der Waals surface area contributed by atoms with Gasteiger partial charge in [-0.25, -0.2) is 0 Å². The SMILES string of the molecule is Cc1ccccc1N(C)[Si]. The van der Waals surface area contributed by atoms with Crippen molar-refractivity contribution in [2.75, 3.05) is 11.6 Å². The fourth-order valence-corrected chi connectivity index (χ4v) is 1.19. The lowest BCUT2D eigenvalue weighted by molar-refractivity contribution is 1.29. The van der Waals surface area contributed by atoms with Crippen LogP contribution in [0.3, 0.4) is 0 Å². The zero-order valence-corrected chi connectivity index (χ0v) is 7.26. The fourth-order valence-electron chi connectivity index (χ4n) is 0.940. The average molecular weight is 148 g/mol. The van der Waals surface area contributed by atoms with Crippen LogP contribution in [0, 0.1) is 6.92 Å². The molecule has 0 amide bonds. The van der Waals surface area contributed by atoms with Crippen LogP contribution in [0.4, 0.5) is 5.69 Å². The molecule has 1 nitrogen and oxygen atoms in total. The van der Waals surface area contributed by atoms with Crippen LogP contribution in [-0.2, 0) is 0 Å². The van der Waals surface area contributed by atoms with E-state index in [1.807, 2.05) is 23.7 Å². The van der Waals surface area contributed by atoms with Crippen LogP contribution in [-0.4, -0.2) is 17.5 Å². The Kier molecular flexibility index (Phi) is 2.12. The first kappa shape index (κ1) is 7.35. The first-order valence-corrected chi connectivity index (χ1v) is 3.67. The first-order chi connectivity index (χ1) is 4.72.